The molecule has 0 aliphatic heterocycles. The van der Waals surface area contributed by atoms with Gasteiger partial charge in [-0.3, -0.25) is 19.1 Å². The highest BCUT2D eigenvalue weighted by Crippen LogP contribution is 2.35. The first-order chi connectivity index (χ1) is 11.1. The van der Waals surface area contributed by atoms with E-state index in [2.05, 4.69) is 9.97 Å². The Balaban J connectivity index is 2.05. The lowest BCUT2D eigenvalue weighted by Gasteiger charge is -2.10. The van der Waals surface area contributed by atoms with E-state index in [9.17, 15) is 14.7 Å². The molecule has 0 fully saturated rings. The van der Waals surface area contributed by atoms with Crippen LogP contribution in [0.25, 0.3) is 21.7 Å². The Kier molecular flexibility index (Phi) is 3.23. The van der Waals surface area contributed by atoms with Crippen LogP contribution in [0.3, 0.4) is 0 Å². The van der Waals surface area contributed by atoms with Gasteiger partial charge < -0.3 is 5.11 Å². The zero-order valence-electron chi connectivity index (χ0n) is 12.2. The molecule has 3 aromatic rings. The van der Waals surface area contributed by atoms with Crippen molar-refractivity contribution in [1.82, 2.24) is 14.5 Å². The molecule has 0 spiro atoms. The highest BCUT2D eigenvalue weighted by Gasteiger charge is 2.24. The number of hydrogen-bond acceptors (Lipinski definition) is 5. The minimum Gasteiger partial charge on any atom is -0.480 e. The van der Waals surface area contributed by atoms with Crippen LogP contribution in [0.5, 0.6) is 0 Å². The molecule has 23 heavy (non-hydrogen) atoms. The third-order valence-electron chi connectivity index (χ3n) is 4.01. The minimum atomic E-state index is -1.07. The van der Waals surface area contributed by atoms with Gasteiger partial charge in [-0.2, -0.15) is 0 Å². The third kappa shape index (κ3) is 2.24. The average molecular weight is 327 g/mol. The summed E-state index contributed by atoms with van der Waals surface area (Å²) >= 11 is 1.54. The summed E-state index contributed by atoms with van der Waals surface area (Å²) in [5.74, 6) is -0.761. The lowest BCUT2D eigenvalue weighted by molar-refractivity contribution is -0.137. The molecule has 0 radical (unpaired) electrons. The second-order valence-corrected chi connectivity index (χ2v) is 6.56. The van der Waals surface area contributed by atoms with Gasteiger partial charge in [-0.1, -0.05) is 6.07 Å². The molecule has 1 N–H and O–H groups in total. The summed E-state index contributed by atoms with van der Waals surface area (Å²) in [5, 5.41) is 9.76. The first kappa shape index (κ1) is 14.1. The number of aryl methyl sites for hydroxylation is 2. The van der Waals surface area contributed by atoms with Gasteiger partial charge >= 0.3 is 5.97 Å². The molecule has 3 aromatic heterocycles. The average Bonchev–Trinajstić information content (AvgIpc) is 3.10. The Morgan fingerprint density at radius 2 is 2.22 bits per heavy atom. The van der Waals surface area contributed by atoms with E-state index in [1.165, 1.54) is 20.8 Å². The van der Waals surface area contributed by atoms with Gasteiger partial charge in [0.2, 0.25) is 0 Å². The van der Waals surface area contributed by atoms with E-state index in [4.69, 9.17) is 0 Å². The minimum absolute atomic E-state index is 0.280. The number of aliphatic carboxylic acids is 1. The summed E-state index contributed by atoms with van der Waals surface area (Å²) in [4.78, 5) is 34.8. The monoisotopic (exact) mass is 327 g/mol. The molecule has 4 rings (SSSR count). The summed E-state index contributed by atoms with van der Waals surface area (Å²) in [5.41, 5.74) is 1.27. The van der Waals surface area contributed by atoms with Crippen LogP contribution in [-0.4, -0.2) is 25.6 Å². The summed E-state index contributed by atoms with van der Waals surface area (Å²) in [6.07, 6.45) is 4.47. The zero-order chi connectivity index (χ0) is 16.0. The van der Waals surface area contributed by atoms with Crippen LogP contribution in [-0.2, 0) is 24.2 Å². The summed E-state index contributed by atoms with van der Waals surface area (Å²) in [7, 11) is 0. The number of thiophene rings is 1. The number of nitrogens with zero attached hydrogens (tertiary/aromatic N) is 3. The van der Waals surface area contributed by atoms with Gasteiger partial charge in [-0.15, -0.1) is 11.3 Å². The van der Waals surface area contributed by atoms with Crippen LogP contribution < -0.4 is 5.56 Å². The lowest BCUT2D eigenvalue weighted by Crippen LogP contribution is -2.27. The number of carboxylic acid groups (broad SMARTS) is 1. The van der Waals surface area contributed by atoms with Gasteiger partial charge in [-0.25, -0.2) is 4.98 Å². The topological polar surface area (TPSA) is 85.1 Å². The Hall–Kier alpha value is -2.54. The molecule has 7 heteroatoms. The van der Waals surface area contributed by atoms with Crippen molar-refractivity contribution >= 4 is 27.5 Å². The van der Waals surface area contributed by atoms with Crippen LogP contribution in [0.1, 0.15) is 16.9 Å². The molecule has 0 saturated carbocycles. The number of carbonyl (C=O) groups is 1. The number of aromatic nitrogens is 3. The van der Waals surface area contributed by atoms with Crippen LogP contribution in [0.2, 0.25) is 0 Å². The first-order valence-electron chi connectivity index (χ1n) is 7.33. The molecule has 1 aliphatic carbocycles. The zero-order valence-corrected chi connectivity index (χ0v) is 13.0. The fourth-order valence-electron chi connectivity index (χ4n) is 3.05. The maximum Gasteiger partial charge on any atom is 0.323 e. The normalized spacial score (nSPS) is 13.4. The molecule has 6 nitrogen and oxygen atoms in total. The number of carboxylic acids is 1. The number of pyridine rings is 1. The van der Waals surface area contributed by atoms with E-state index < -0.39 is 12.5 Å². The van der Waals surface area contributed by atoms with Gasteiger partial charge in [0.1, 0.15) is 17.1 Å². The molecular weight excluding hydrogens is 314 g/mol. The Morgan fingerprint density at radius 1 is 1.35 bits per heavy atom. The molecule has 0 atom stereocenters. The quantitative estimate of drug-likeness (QED) is 0.796. The van der Waals surface area contributed by atoms with Crippen molar-refractivity contribution in [1.29, 1.82) is 0 Å². The maximum absolute atomic E-state index is 12.9. The molecule has 0 saturated heterocycles. The van der Waals surface area contributed by atoms with Crippen molar-refractivity contribution < 1.29 is 9.90 Å². The first-order valence-corrected chi connectivity index (χ1v) is 8.15. The molecule has 0 aromatic carbocycles. The fraction of sp³-hybridized carbons (Fsp3) is 0.250. The molecule has 0 bridgehead atoms. The van der Waals surface area contributed by atoms with Crippen LogP contribution in [0.4, 0.5) is 0 Å². The van der Waals surface area contributed by atoms with E-state index in [0.29, 0.717) is 21.7 Å². The largest absolute Gasteiger partial charge is 0.480 e. The molecular formula is C16H13N3O3S. The molecule has 0 unspecified atom stereocenters. The van der Waals surface area contributed by atoms with E-state index in [-0.39, 0.29) is 5.56 Å². The summed E-state index contributed by atoms with van der Waals surface area (Å²) in [6.45, 7) is -0.418. The maximum atomic E-state index is 12.9. The van der Waals surface area contributed by atoms with Crippen molar-refractivity contribution in [2.45, 2.75) is 25.8 Å². The van der Waals surface area contributed by atoms with Crippen molar-refractivity contribution in [3.63, 3.8) is 0 Å². The summed E-state index contributed by atoms with van der Waals surface area (Å²) < 4.78 is 1.22. The van der Waals surface area contributed by atoms with Gasteiger partial charge in [-0.05, 0) is 37.0 Å². The highest BCUT2D eigenvalue weighted by molar-refractivity contribution is 7.18. The van der Waals surface area contributed by atoms with E-state index in [1.54, 1.807) is 24.4 Å². The number of rotatable bonds is 3. The van der Waals surface area contributed by atoms with Gasteiger partial charge in [0, 0.05) is 11.1 Å². The van der Waals surface area contributed by atoms with Crippen LogP contribution in [0.15, 0.2) is 29.2 Å². The molecule has 0 amide bonds. The predicted octanol–water partition coefficient (Wildman–Crippen LogP) is 2.09. The van der Waals surface area contributed by atoms with Gasteiger partial charge in [0.05, 0.1) is 5.39 Å². The number of hydrogen-bond donors (Lipinski definition) is 1. The van der Waals surface area contributed by atoms with E-state index in [0.717, 1.165) is 24.8 Å². The Morgan fingerprint density at radius 3 is 2.96 bits per heavy atom. The Labute approximate surface area is 135 Å². The van der Waals surface area contributed by atoms with Crippen molar-refractivity contribution in [2.24, 2.45) is 0 Å². The smallest absolute Gasteiger partial charge is 0.323 e. The van der Waals surface area contributed by atoms with Crippen LogP contribution in [0, 0.1) is 0 Å². The van der Waals surface area contributed by atoms with Crippen molar-refractivity contribution in [3.8, 4) is 11.5 Å². The molecule has 1 aliphatic rings. The molecule has 3 heterocycles. The van der Waals surface area contributed by atoms with E-state index in [1.807, 2.05) is 0 Å². The van der Waals surface area contributed by atoms with Crippen molar-refractivity contribution in [2.75, 3.05) is 0 Å². The lowest BCUT2D eigenvalue weighted by atomic mass is 10.2. The second-order valence-electron chi connectivity index (χ2n) is 5.47. The highest BCUT2D eigenvalue weighted by atomic mass is 32.1. The number of fused-ring (bicyclic) bond motifs is 3. The van der Waals surface area contributed by atoms with Crippen molar-refractivity contribution in [3.05, 3.63) is 45.2 Å². The Bertz CT molecular complexity index is 976. The third-order valence-corrected chi connectivity index (χ3v) is 5.20. The summed E-state index contributed by atoms with van der Waals surface area (Å²) in [6, 6.07) is 5.28. The van der Waals surface area contributed by atoms with Crippen LogP contribution >= 0.6 is 11.3 Å². The second kappa shape index (κ2) is 5.27. The van der Waals surface area contributed by atoms with Gasteiger partial charge in [0.25, 0.3) is 5.56 Å². The fourth-order valence-corrected chi connectivity index (χ4v) is 4.30. The standard InChI is InChI=1S/C16H13N3O3S/c20-12(21)8-19-14(10-5-1-2-7-17-10)18-15-13(16(19)22)9-4-3-6-11(9)23-15/h1-2,5,7H,3-4,6,8H2,(H,20,21). The van der Waals surface area contributed by atoms with Gasteiger partial charge in [0.15, 0.2) is 5.82 Å². The predicted molar refractivity (Wildman–Crippen MR) is 86.8 cm³/mol. The van der Waals surface area contributed by atoms with E-state index >= 15 is 0 Å². The molecule has 116 valence electrons. The SMILES string of the molecule is O=C(O)Cn1c(-c2ccccn2)nc2sc3c(c2c1=O)CCC3.